The molecule has 1 aromatic carbocycles. The monoisotopic (exact) mass is 290 g/mol. The Labute approximate surface area is 119 Å². The molecule has 0 aliphatic carbocycles. The minimum atomic E-state index is -1.28. The summed E-state index contributed by atoms with van der Waals surface area (Å²) in [7, 11) is -2.57. The van der Waals surface area contributed by atoms with Gasteiger partial charge < -0.3 is 0 Å². The lowest BCUT2D eigenvalue weighted by Crippen LogP contribution is -2.39. The van der Waals surface area contributed by atoms with Crippen LogP contribution in [0.4, 0.5) is 0 Å². The Morgan fingerprint density at radius 1 is 0.895 bits per heavy atom. The smallest absolute Gasteiger partial charge is 0.159 e. The zero-order valence-electron chi connectivity index (χ0n) is 13.3. The Hall–Kier alpha value is -0.936. The van der Waals surface area contributed by atoms with Crippen LogP contribution in [0.15, 0.2) is 29.1 Å². The molecular formula is C16H26OSi2. The highest BCUT2D eigenvalue weighted by Gasteiger charge is 2.30. The maximum atomic E-state index is 11.3. The molecule has 0 N–H and O–H groups in total. The maximum absolute atomic E-state index is 11.3. The Balaban J connectivity index is 3.20. The fraction of sp³-hybridized carbons (Fsp3) is 0.438. The van der Waals surface area contributed by atoms with Crippen LogP contribution in [0.2, 0.25) is 39.3 Å². The predicted molar refractivity (Wildman–Crippen MR) is 91.1 cm³/mol. The van der Waals surface area contributed by atoms with E-state index in [9.17, 15) is 4.79 Å². The van der Waals surface area contributed by atoms with E-state index in [0.717, 1.165) is 5.56 Å². The quantitative estimate of drug-likeness (QED) is 0.561. The van der Waals surface area contributed by atoms with Gasteiger partial charge in [0.2, 0.25) is 0 Å². The zero-order valence-corrected chi connectivity index (χ0v) is 15.3. The minimum Gasteiger partial charge on any atom is -0.295 e. The van der Waals surface area contributed by atoms with Crippen molar-refractivity contribution < 1.29 is 4.79 Å². The van der Waals surface area contributed by atoms with Gasteiger partial charge in [-0.25, -0.2) is 0 Å². The van der Waals surface area contributed by atoms with Crippen LogP contribution in [0.3, 0.4) is 0 Å². The molecule has 0 amide bonds. The third kappa shape index (κ3) is 4.58. The summed E-state index contributed by atoms with van der Waals surface area (Å²) in [5.41, 5.74) is 2.02. The lowest BCUT2D eigenvalue weighted by molar-refractivity contribution is 0.101. The normalized spacial score (nSPS) is 12.2. The highest BCUT2D eigenvalue weighted by atomic mass is 28.4. The molecule has 0 heterocycles. The number of carbonyl (C=O) groups is 1. The van der Waals surface area contributed by atoms with Crippen molar-refractivity contribution in [3.8, 4) is 0 Å². The second kappa shape index (κ2) is 5.59. The van der Waals surface area contributed by atoms with E-state index in [0.29, 0.717) is 0 Å². The van der Waals surface area contributed by atoms with Gasteiger partial charge in [0, 0.05) is 5.56 Å². The van der Waals surface area contributed by atoms with Gasteiger partial charge in [-0.1, -0.05) is 74.4 Å². The van der Waals surface area contributed by atoms with E-state index in [1.54, 1.807) is 11.7 Å². The van der Waals surface area contributed by atoms with E-state index in [1.165, 1.54) is 5.56 Å². The van der Waals surface area contributed by atoms with E-state index in [2.05, 4.69) is 57.5 Å². The van der Waals surface area contributed by atoms with Crippen molar-refractivity contribution in [1.29, 1.82) is 0 Å². The van der Waals surface area contributed by atoms with Crippen LogP contribution < -0.4 is 0 Å². The van der Waals surface area contributed by atoms with E-state index in [-0.39, 0.29) is 5.78 Å². The summed E-state index contributed by atoms with van der Waals surface area (Å²) in [5.74, 6) is 0.131. The first-order chi connectivity index (χ1) is 8.51. The van der Waals surface area contributed by atoms with Crippen molar-refractivity contribution in [2.24, 2.45) is 0 Å². The van der Waals surface area contributed by atoms with Crippen molar-refractivity contribution in [2.75, 3.05) is 0 Å². The molecule has 0 saturated heterocycles. The summed E-state index contributed by atoms with van der Waals surface area (Å²) in [6.07, 6.45) is 2.38. The van der Waals surface area contributed by atoms with E-state index < -0.39 is 16.1 Å². The van der Waals surface area contributed by atoms with E-state index >= 15 is 0 Å². The van der Waals surface area contributed by atoms with Crippen molar-refractivity contribution in [3.05, 3.63) is 40.2 Å². The molecule has 0 fully saturated rings. The number of Topliss-reactive ketones (excluding diaryl/α,β-unsaturated/α-hetero) is 1. The summed E-state index contributed by atoms with van der Waals surface area (Å²) in [4.78, 5) is 13.0. The molecule has 1 nitrogen and oxygen atoms in total. The molecule has 0 radical (unpaired) electrons. The Kier molecular flexibility index (Phi) is 4.74. The fourth-order valence-corrected chi connectivity index (χ4v) is 12.7. The van der Waals surface area contributed by atoms with Crippen LogP contribution >= 0.6 is 0 Å². The van der Waals surface area contributed by atoms with Gasteiger partial charge in [0.1, 0.15) is 0 Å². The molecule has 3 heteroatoms. The summed E-state index contributed by atoms with van der Waals surface area (Å²) >= 11 is 0. The van der Waals surface area contributed by atoms with Crippen LogP contribution in [0.5, 0.6) is 0 Å². The molecule has 0 unspecified atom stereocenters. The molecule has 0 aromatic heterocycles. The van der Waals surface area contributed by atoms with Gasteiger partial charge in [0.15, 0.2) is 5.78 Å². The number of carbonyl (C=O) groups excluding carboxylic acids is 1. The molecular weight excluding hydrogens is 264 g/mol. The van der Waals surface area contributed by atoms with Crippen molar-refractivity contribution >= 4 is 28.0 Å². The van der Waals surface area contributed by atoms with Gasteiger partial charge in [0.25, 0.3) is 0 Å². The Bertz CT molecular complexity index is 469. The molecule has 19 heavy (non-hydrogen) atoms. The SMILES string of the molecule is CC(=O)c1ccc(C=C([Si](C)(C)C)[Si](C)(C)C)cc1. The standard InChI is InChI=1S/C16H26OSi2/c1-13(17)15-10-8-14(9-11-15)12-16(18(2,3)4)19(5,6)7/h8-12H,1-7H3. The third-order valence-corrected chi connectivity index (χ3v) is 11.3. The highest BCUT2D eigenvalue weighted by Crippen LogP contribution is 2.27. The first kappa shape index (κ1) is 16.1. The number of benzene rings is 1. The summed E-state index contributed by atoms with van der Waals surface area (Å²) in [5, 5.41) is 0. The van der Waals surface area contributed by atoms with Crippen LogP contribution in [0.25, 0.3) is 6.08 Å². The average Bonchev–Trinajstić information content (AvgIpc) is 2.23. The topological polar surface area (TPSA) is 17.1 Å². The largest absolute Gasteiger partial charge is 0.295 e. The van der Waals surface area contributed by atoms with Gasteiger partial charge >= 0.3 is 0 Å². The minimum absolute atomic E-state index is 0.131. The molecule has 0 saturated carbocycles. The number of rotatable bonds is 4. The van der Waals surface area contributed by atoms with Gasteiger partial charge in [-0.2, -0.15) is 0 Å². The summed E-state index contributed by atoms with van der Waals surface area (Å²) < 4.78 is 0. The predicted octanol–water partition coefficient (Wildman–Crippen LogP) is 5.03. The Morgan fingerprint density at radius 3 is 1.63 bits per heavy atom. The van der Waals surface area contributed by atoms with Crippen molar-refractivity contribution in [2.45, 2.75) is 46.2 Å². The van der Waals surface area contributed by atoms with Crippen molar-refractivity contribution in [3.63, 3.8) is 0 Å². The molecule has 1 aromatic rings. The number of ketones is 1. The molecule has 0 atom stereocenters. The highest BCUT2D eigenvalue weighted by molar-refractivity contribution is 7.05. The first-order valence-electron chi connectivity index (χ1n) is 6.85. The number of hydrogen-bond acceptors (Lipinski definition) is 1. The van der Waals surface area contributed by atoms with Gasteiger partial charge in [-0.3, -0.25) is 4.79 Å². The fourth-order valence-electron chi connectivity index (χ4n) is 2.54. The summed E-state index contributed by atoms with van der Waals surface area (Å²) in [6.45, 7) is 16.1. The van der Waals surface area contributed by atoms with Crippen molar-refractivity contribution in [1.82, 2.24) is 0 Å². The molecule has 0 aliphatic rings. The van der Waals surface area contributed by atoms with Gasteiger partial charge in [0.05, 0.1) is 16.1 Å². The molecule has 104 valence electrons. The lowest BCUT2D eigenvalue weighted by Gasteiger charge is -2.31. The second-order valence-electron chi connectivity index (χ2n) is 7.24. The van der Waals surface area contributed by atoms with Crippen LogP contribution in [-0.4, -0.2) is 21.9 Å². The maximum Gasteiger partial charge on any atom is 0.159 e. The van der Waals surface area contributed by atoms with E-state index in [4.69, 9.17) is 0 Å². The zero-order chi connectivity index (χ0) is 14.8. The van der Waals surface area contributed by atoms with E-state index in [1.807, 2.05) is 12.1 Å². The molecule has 0 spiro atoms. The van der Waals surface area contributed by atoms with Gasteiger partial charge in [-0.15, -0.1) is 0 Å². The first-order valence-corrected chi connectivity index (χ1v) is 13.9. The average molecular weight is 291 g/mol. The Morgan fingerprint density at radius 2 is 1.32 bits per heavy atom. The lowest BCUT2D eigenvalue weighted by atomic mass is 10.1. The summed E-state index contributed by atoms with van der Waals surface area (Å²) in [6, 6.07) is 7.99. The number of hydrogen-bond donors (Lipinski definition) is 0. The molecule has 0 aliphatic heterocycles. The van der Waals surface area contributed by atoms with Crippen LogP contribution in [-0.2, 0) is 0 Å². The van der Waals surface area contributed by atoms with Crippen LogP contribution in [0.1, 0.15) is 22.8 Å². The van der Waals surface area contributed by atoms with Crippen LogP contribution in [0, 0.1) is 0 Å². The second-order valence-corrected chi connectivity index (χ2v) is 17.8. The molecule has 0 bridgehead atoms. The third-order valence-electron chi connectivity index (χ3n) is 3.24. The molecule has 1 rings (SSSR count). The van der Waals surface area contributed by atoms with Gasteiger partial charge in [-0.05, 0) is 12.5 Å².